The number of nitrogens with zero attached hydrogens (tertiary/aromatic N) is 2. The van der Waals surface area contributed by atoms with Crippen LogP contribution in [0.4, 0.5) is 4.39 Å². The average molecular weight is 416 g/mol. The summed E-state index contributed by atoms with van der Waals surface area (Å²) in [5.41, 5.74) is 2.10. The Morgan fingerprint density at radius 2 is 1.87 bits per heavy atom. The Kier molecular flexibility index (Phi) is 8.04. The maximum Gasteiger partial charge on any atom is 0.194 e. The van der Waals surface area contributed by atoms with E-state index in [1.165, 1.54) is 12.1 Å². The lowest BCUT2D eigenvalue weighted by molar-refractivity contribution is -0.0605. The maximum atomic E-state index is 13.3. The summed E-state index contributed by atoms with van der Waals surface area (Å²) in [6, 6.07) is 14.5. The van der Waals surface area contributed by atoms with Gasteiger partial charge in [-0.05, 0) is 42.3 Å². The summed E-state index contributed by atoms with van der Waals surface area (Å²) in [4.78, 5) is 6.63. The predicted octanol–water partition coefficient (Wildman–Crippen LogP) is 3.39. The van der Waals surface area contributed by atoms with Crippen molar-refractivity contribution in [1.29, 1.82) is 0 Å². The maximum absolute atomic E-state index is 13.3. The van der Waals surface area contributed by atoms with Crippen molar-refractivity contribution in [1.82, 2.24) is 10.2 Å². The zero-order valence-corrected chi connectivity index (χ0v) is 17.8. The van der Waals surface area contributed by atoms with E-state index in [2.05, 4.69) is 15.2 Å². The summed E-state index contributed by atoms with van der Waals surface area (Å²) < 4.78 is 29.9. The molecule has 1 heterocycles. The molecule has 7 heteroatoms. The number of hydrogen-bond donors (Lipinski definition) is 1. The van der Waals surface area contributed by atoms with Gasteiger partial charge in [0.15, 0.2) is 5.96 Å². The Hall–Kier alpha value is -2.64. The van der Waals surface area contributed by atoms with E-state index in [-0.39, 0.29) is 18.0 Å². The smallest absolute Gasteiger partial charge is 0.194 e. The molecule has 1 fully saturated rings. The molecular formula is C23H30FN3O3. The van der Waals surface area contributed by atoms with Crippen LogP contribution in [0.3, 0.4) is 0 Å². The lowest BCUT2D eigenvalue weighted by atomic mass is 10.1. The number of hydrogen-bond acceptors (Lipinski definition) is 4. The molecule has 6 nitrogen and oxygen atoms in total. The average Bonchev–Trinajstić information content (AvgIpc) is 2.75. The number of nitrogens with one attached hydrogen (secondary N) is 1. The van der Waals surface area contributed by atoms with E-state index in [1.54, 1.807) is 26.3 Å². The Morgan fingerprint density at radius 1 is 1.13 bits per heavy atom. The summed E-state index contributed by atoms with van der Waals surface area (Å²) >= 11 is 0. The third-order valence-corrected chi connectivity index (χ3v) is 4.94. The molecule has 3 rings (SSSR count). The van der Waals surface area contributed by atoms with Crippen LogP contribution in [0.25, 0.3) is 0 Å². The Bertz CT molecular complexity index is 811. The highest BCUT2D eigenvalue weighted by Crippen LogP contribution is 2.25. The number of aliphatic imine (C=N–C) groups is 1. The number of ether oxygens (including phenoxy) is 3. The molecule has 0 bridgehead atoms. The summed E-state index contributed by atoms with van der Waals surface area (Å²) in [7, 11) is 3.43. The third-order valence-electron chi connectivity index (χ3n) is 4.94. The highest BCUT2D eigenvalue weighted by atomic mass is 19.1. The van der Waals surface area contributed by atoms with E-state index in [0.717, 1.165) is 29.4 Å². The van der Waals surface area contributed by atoms with Crippen molar-refractivity contribution in [3.63, 3.8) is 0 Å². The minimum atomic E-state index is -0.243. The van der Waals surface area contributed by atoms with Gasteiger partial charge in [0, 0.05) is 27.2 Å². The standard InChI is InChI=1S/C23H30FN3O3/c1-17-15-27(16-22(30-17)19-6-8-20(24)9-7-19)23(25-2)26-14-18-4-10-21(11-5-18)29-13-12-28-3/h4-11,17,22H,12-16H2,1-3H3,(H,25,26). The van der Waals surface area contributed by atoms with Crippen LogP contribution in [-0.2, 0) is 16.0 Å². The zero-order valence-electron chi connectivity index (χ0n) is 17.8. The van der Waals surface area contributed by atoms with Crippen LogP contribution < -0.4 is 10.1 Å². The second-order valence-electron chi connectivity index (χ2n) is 7.28. The zero-order chi connectivity index (χ0) is 21.3. The van der Waals surface area contributed by atoms with Gasteiger partial charge in [0.1, 0.15) is 24.3 Å². The van der Waals surface area contributed by atoms with Gasteiger partial charge < -0.3 is 24.4 Å². The molecule has 2 aromatic carbocycles. The van der Waals surface area contributed by atoms with Gasteiger partial charge in [-0.15, -0.1) is 0 Å². The number of morpholine rings is 1. The van der Waals surface area contributed by atoms with Crippen molar-refractivity contribution in [3.05, 3.63) is 65.5 Å². The van der Waals surface area contributed by atoms with Gasteiger partial charge in [-0.25, -0.2) is 4.39 Å². The Morgan fingerprint density at radius 3 is 2.53 bits per heavy atom. The first-order chi connectivity index (χ1) is 14.6. The van der Waals surface area contributed by atoms with Crippen molar-refractivity contribution < 1.29 is 18.6 Å². The van der Waals surface area contributed by atoms with Gasteiger partial charge in [0.2, 0.25) is 0 Å². The van der Waals surface area contributed by atoms with Gasteiger partial charge >= 0.3 is 0 Å². The SMILES string of the molecule is CN=C(NCc1ccc(OCCOC)cc1)N1CC(C)OC(c2ccc(F)cc2)C1. The molecule has 0 radical (unpaired) electrons. The largest absolute Gasteiger partial charge is 0.491 e. The molecule has 1 saturated heterocycles. The summed E-state index contributed by atoms with van der Waals surface area (Å²) in [5, 5.41) is 3.43. The molecule has 0 aromatic heterocycles. The summed E-state index contributed by atoms with van der Waals surface area (Å²) in [6.45, 7) is 5.18. The molecule has 2 aromatic rings. The van der Waals surface area contributed by atoms with E-state index in [9.17, 15) is 4.39 Å². The molecule has 0 amide bonds. The monoisotopic (exact) mass is 415 g/mol. The van der Waals surface area contributed by atoms with Gasteiger partial charge in [0.05, 0.1) is 19.3 Å². The minimum absolute atomic E-state index is 0.0379. The van der Waals surface area contributed by atoms with E-state index in [0.29, 0.717) is 26.3 Å². The Balaban J connectivity index is 1.57. The molecule has 0 spiro atoms. The van der Waals surface area contributed by atoms with E-state index in [4.69, 9.17) is 14.2 Å². The van der Waals surface area contributed by atoms with Crippen molar-refractivity contribution in [2.24, 2.45) is 4.99 Å². The molecule has 1 aliphatic heterocycles. The molecule has 0 aliphatic carbocycles. The fourth-order valence-corrected chi connectivity index (χ4v) is 3.45. The van der Waals surface area contributed by atoms with Crippen LogP contribution in [0.5, 0.6) is 5.75 Å². The minimum Gasteiger partial charge on any atom is -0.491 e. The van der Waals surface area contributed by atoms with Crippen LogP contribution in [0, 0.1) is 5.82 Å². The molecule has 30 heavy (non-hydrogen) atoms. The highest BCUT2D eigenvalue weighted by molar-refractivity contribution is 5.80. The molecule has 0 saturated carbocycles. The second-order valence-corrected chi connectivity index (χ2v) is 7.28. The number of benzene rings is 2. The first kappa shape index (κ1) is 22.1. The van der Waals surface area contributed by atoms with Crippen LogP contribution >= 0.6 is 0 Å². The fraction of sp³-hybridized carbons (Fsp3) is 0.435. The van der Waals surface area contributed by atoms with E-state index < -0.39 is 0 Å². The lowest BCUT2D eigenvalue weighted by Gasteiger charge is -2.38. The van der Waals surface area contributed by atoms with Gasteiger partial charge in [-0.2, -0.15) is 0 Å². The van der Waals surface area contributed by atoms with Gasteiger partial charge in [-0.1, -0.05) is 24.3 Å². The second kappa shape index (κ2) is 10.9. The normalized spacial score (nSPS) is 19.6. The summed E-state index contributed by atoms with van der Waals surface area (Å²) in [5.74, 6) is 1.40. The van der Waals surface area contributed by atoms with Crippen LogP contribution in [0.2, 0.25) is 0 Å². The molecular weight excluding hydrogens is 385 g/mol. The van der Waals surface area contributed by atoms with Crippen LogP contribution in [0.15, 0.2) is 53.5 Å². The van der Waals surface area contributed by atoms with Gasteiger partial charge in [-0.3, -0.25) is 4.99 Å². The molecule has 1 N–H and O–H groups in total. The topological polar surface area (TPSA) is 55.3 Å². The number of methoxy groups -OCH3 is 1. The summed E-state index contributed by atoms with van der Waals surface area (Å²) in [6.07, 6.45) is -0.0904. The molecule has 1 aliphatic rings. The van der Waals surface area contributed by atoms with Crippen LogP contribution in [0.1, 0.15) is 24.2 Å². The number of halogens is 1. The van der Waals surface area contributed by atoms with Crippen molar-refractivity contribution in [2.75, 3.05) is 40.5 Å². The quantitative estimate of drug-likeness (QED) is 0.427. The van der Waals surface area contributed by atoms with Crippen LogP contribution in [-0.4, -0.2) is 57.4 Å². The van der Waals surface area contributed by atoms with E-state index >= 15 is 0 Å². The first-order valence-corrected chi connectivity index (χ1v) is 10.2. The highest BCUT2D eigenvalue weighted by Gasteiger charge is 2.28. The van der Waals surface area contributed by atoms with Crippen molar-refractivity contribution in [2.45, 2.75) is 25.7 Å². The van der Waals surface area contributed by atoms with Crippen molar-refractivity contribution in [3.8, 4) is 5.75 Å². The third kappa shape index (κ3) is 6.18. The first-order valence-electron chi connectivity index (χ1n) is 10.2. The molecule has 2 atom stereocenters. The molecule has 2 unspecified atom stereocenters. The predicted molar refractivity (Wildman–Crippen MR) is 115 cm³/mol. The molecule has 162 valence electrons. The van der Waals surface area contributed by atoms with Gasteiger partial charge in [0.25, 0.3) is 0 Å². The van der Waals surface area contributed by atoms with Crippen molar-refractivity contribution >= 4 is 5.96 Å². The fourth-order valence-electron chi connectivity index (χ4n) is 3.45. The lowest BCUT2D eigenvalue weighted by Crippen LogP contribution is -2.50. The van der Waals surface area contributed by atoms with E-state index in [1.807, 2.05) is 31.2 Å². The number of rotatable bonds is 7. The number of guanidine groups is 1. The Labute approximate surface area is 177 Å².